The highest BCUT2D eigenvalue weighted by molar-refractivity contribution is 7.89. The number of hydrogen-bond donors (Lipinski definition) is 1. The summed E-state index contributed by atoms with van der Waals surface area (Å²) >= 11 is 0. The molecule has 0 atom stereocenters. The number of rotatable bonds is 6. The van der Waals surface area contributed by atoms with Crippen molar-refractivity contribution in [3.05, 3.63) is 41.8 Å². The van der Waals surface area contributed by atoms with Crippen LogP contribution in [0.1, 0.15) is 16.2 Å². The van der Waals surface area contributed by atoms with Crippen molar-refractivity contribution in [1.29, 1.82) is 0 Å². The minimum absolute atomic E-state index is 0.0939. The molecule has 1 aromatic heterocycles. The van der Waals surface area contributed by atoms with Crippen LogP contribution >= 0.6 is 0 Å². The second kappa shape index (κ2) is 7.45. The van der Waals surface area contributed by atoms with E-state index in [1.54, 1.807) is 6.92 Å². The first kappa shape index (κ1) is 18.6. The molecule has 0 fully saturated rings. The zero-order chi connectivity index (χ0) is 18.6. The number of benzene rings is 1. The minimum atomic E-state index is -3.54. The van der Waals surface area contributed by atoms with Crippen molar-refractivity contribution in [2.75, 3.05) is 26.0 Å². The van der Waals surface area contributed by atoms with E-state index in [9.17, 15) is 18.0 Å². The lowest BCUT2D eigenvalue weighted by Crippen LogP contribution is -2.22. The monoisotopic (exact) mass is 367 g/mol. The van der Waals surface area contributed by atoms with E-state index in [1.807, 2.05) is 0 Å². The van der Waals surface area contributed by atoms with Gasteiger partial charge in [-0.15, -0.1) is 0 Å². The van der Waals surface area contributed by atoms with Gasteiger partial charge in [0.05, 0.1) is 10.6 Å². The third-order valence-electron chi connectivity index (χ3n) is 3.08. The molecule has 0 saturated carbocycles. The number of nitrogens with zero attached hydrogens (tertiary/aromatic N) is 2. The molecule has 1 amide bonds. The number of carbonyl (C=O) groups is 2. The van der Waals surface area contributed by atoms with E-state index in [1.165, 1.54) is 44.4 Å². The smallest absolute Gasteiger partial charge is 0.377 e. The van der Waals surface area contributed by atoms with E-state index in [-0.39, 0.29) is 10.7 Å². The van der Waals surface area contributed by atoms with Crippen molar-refractivity contribution in [1.82, 2.24) is 9.46 Å². The molecule has 0 aliphatic carbocycles. The highest BCUT2D eigenvalue weighted by atomic mass is 32.2. The molecule has 0 spiro atoms. The number of ether oxygens (including phenoxy) is 1. The Hall–Kier alpha value is -2.72. The standard InChI is InChI=1S/C15H17N3O6S/c1-10-8-13(24-17-10)15(20)23-9-14(19)16-11-4-6-12(7-5-11)25(21,22)18(2)3/h4-8H,9H2,1-3H3,(H,16,19). The van der Waals surface area contributed by atoms with Crippen LogP contribution in [-0.2, 0) is 19.6 Å². The Morgan fingerprint density at radius 3 is 2.40 bits per heavy atom. The minimum Gasteiger partial charge on any atom is -0.450 e. The lowest BCUT2D eigenvalue weighted by molar-refractivity contribution is -0.119. The zero-order valence-electron chi connectivity index (χ0n) is 13.8. The zero-order valence-corrected chi connectivity index (χ0v) is 14.7. The van der Waals surface area contributed by atoms with Gasteiger partial charge >= 0.3 is 5.97 Å². The summed E-state index contributed by atoms with van der Waals surface area (Å²) in [6.45, 7) is 1.13. The number of aromatic nitrogens is 1. The van der Waals surface area contributed by atoms with Crippen LogP contribution in [0.5, 0.6) is 0 Å². The average Bonchev–Trinajstić information content (AvgIpc) is 2.99. The molecule has 0 unspecified atom stereocenters. The number of nitrogens with one attached hydrogen (secondary N) is 1. The number of amides is 1. The lowest BCUT2D eigenvalue weighted by Gasteiger charge is -2.12. The molecule has 2 rings (SSSR count). The molecular formula is C15H17N3O6S. The molecule has 0 radical (unpaired) electrons. The Labute approximate surface area is 144 Å². The number of aryl methyl sites for hydroxylation is 1. The van der Waals surface area contributed by atoms with Crippen molar-refractivity contribution >= 4 is 27.6 Å². The summed E-state index contributed by atoms with van der Waals surface area (Å²) in [4.78, 5) is 23.5. The highest BCUT2D eigenvalue weighted by Crippen LogP contribution is 2.16. The van der Waals surface area contributed by atoms with Gasteiger partial charge in [0.2, 0.25) is 15.8 Å². The summed E-state index contributed by atoms with van der Waals surface area (Å²) in [6, 6.07) is 7.01. The maximum absolute atomic E-state index is 11.9. The van der Waals surface area contributed by atoms with Gasteiger partial charge in [-0.05, 0) is 31.2 Å². The molecule has 9 nitrogen and oxygen atoms in total. The Kier molecular flexibility index (Phi) is 5.55. The molecule has 10 heteroatoms. The fourth-order valence-corrected chi connectivity index (χ4v) is 2.68. The van der Waals surface area contributed by atoms with Gasteiger partial charge in [-0.3, -0.25) is 4.79 Å². The van der Waals surface area contributed by atoms with Crippen LogP contribution in [0.4, 0.5) is 5.69 Å². The second-order valence-corrected chi connectivity index (χ2v) is 7.42. The summed E-state index contributed by atoms with van der Waals surface area (Å²) in [5.41, 5.74) is 0.887. The van der Waals surface area contributed by atoms with Crippen molar-refractivity contribution < 1.29 is 27.3 Å². The SMILES string of the molecule is Cc1cc(C(=O)OCC(=O)Nc2ccc(S(=O)(=O)N(C)C)cc2)on1. The first-order valence-electron chi connectivity index (χ1n) is 7.13. The van der Waals surface area contributed by atoms with Gasteiger partial charge in [0.25, 0.3) is 5.91 Å². The molecule has 0 aliphatic heterocycles. The fourth-order valence-electron chi connectivity index (χ4n) is 1.78. The van der Waals surface area contributed by atoms with E-state index in [0.717, 1.165) is 4.31 Å². The first-order chi connectivity index (χ1) is 11.7. The molecule has 0 saturated heterocycles. The highest BCUT2D eigenvalue weighted by Gasteiger charge is 2.17. The Bertz CT molecular complexity index is 871. The largest absolute Gasteiger partial charge is 0.450 e. The van der Waals surface area contributed by atoms with Crippen molar-refractivity contribution in [2.45, 2.75) is 11.8 Å². The molecule has 0 aliphatic rings. The molecule has 25 heavy (non-hydrogen) atoms. The molecule has 1 aromatic carbocycles. The van der Waals surface area contributed by atoms with E-state index < -0.39 is 28.5 Å². The van der Waals surface area contributed by atoms with Crippen LogP contribution in [0.3, 0.4) is 0 Å². The predicted molar refractivity (Wildman–Crippen MR) is 87.5 cm³/mol. The maximum atomic E-state index is 11.9. The number of carbonyl (C=O) groups excluding carboxylic acids is 2. The van der Waals surface area contributed by atoms with Crippen molar-refractivity contribution in [3.63, 3.8) is 0 Å². The van der Waals surface area contributed by atoms with Crippen molar-refractivity contribution in [2.24, 2.45) is 0 Å². The van der Waals surface area contributed by atoms with Crippen molar-refractivity contribution in [3.8, 4) is 0 Å². The summed E-state index contributed by atoms with van der Waals surface area (Å²) in [7, 11) is -0.685. The number of sulfonamides is 1. The van der Waals surface area contributed by atoms with Crippen LogP contribution in [0.15, 0.2) is 39.8 Å². The molecular weight excluding hydrogens is 350 g/mol. The van der Waals surface area contributed by atoms with Crippen LogP contribution in [0.25, 0.3) is 0 Å². The third kappa shape index (κ3) is 4.64. The van der Waals surface area contributed by atoms with Crippen LogP contribution in [0.2, 0.25) is 0 Å². The third-order valence-corrected chi connectivity index (χ3v) is 4.91. The maximum Gasteiger partial charge on any atom is 0.377 e. The normalized spacial score (nSPS) is 11.4. The van der Waals surface area contributed by atoms with Crippen LogP contribution in [0, 0.1) is 6.92 Å². The topological polar surface area (TPSA) is 119 Å². The van der Waals surface area contributed by atoms with E-state index in [0.29, 0.717) is 11.4 Å². The fraction of sp³-hybridized carbons (Fsp3) is 0.267. The van der Waals surface area contributed by atoms with E-state index >= 15 is 0 Å². The van der Waals surface area contributed by atoms with Gasteiger partial charge in [-0.1, -0.05) is 5.16 Å². The Morgan fingerprint density at radius 2 is 1.88 bits per heavy atom. The van der Waals surface area contributed by atoms with Gasteiger partial charge in [0.1, 0.15) is 0 Å². The molecule has 2 aromatic rings. The van der Waals surface area contributed by atoms with Crippen LogP contribution < -0.4 is 5.32 Å². The second-order valence-electron chi connectivity index (χ2n) is 5.27. The van der Waals surface area contributed by atoms with Gasteiger partial charge in [-0.25, -0.2) is 17.5 Å². The molecule has 0 bridgehead atoms. The molecule has 1 heterocycles. The number of anilines is 1. The number of hydrogen-bond acceptors (Lipinski definition) is 7. The number of esters is 1. The summed E-state index contributed by atoms with van der Waals surface area (Å²) in [5, 5.41) is 6.03. The van der Waals surface area contributed by atoms with Gasteiger partial charge < -0.3 is 14.6 Å². The predicted octanol–water partition coefficient (Wildman–Crippen LogP) is 1.03. The van der Waals surface area contributed by atoms with E-state index in [2.05, 4.69) is 10.5 Å². The Balaban J connectivity index is 1.91. The van der Waals surface area contributed by atoms with Gasteiger partial charge in [-0.2, -0.15) is 0 Å². The van der Waals surface area contributed by atoms with Crippen LogP contribution in [-0.4, -0.2) is 50.5 Å². The molecule has 1 N–H and O–H groups in total. The van der Waals surface area contributed by atoms with Gasteiger partial charge in [0, 0.05) is 25.8 Å². The summed E-state index contributed by atoms with van der Waals surface area (Å²) in [6.07, 6.45) is 0. The van der Waals surface area contributed by atoms with E-state index in [4.69, 9.17) is 9.26 Å². The summed E-state index contributed by atoms with van der Waals surface area (Å²) < 4.78 is 34.5. The lowest BCUT2D eigenvalue weighted by atomic mass is 10.3. The average molecular weight is 367 g/mol. The summed E-state index contributed by atoms with van der Waals surface area (Å²) in [5.74, 6) is -1.47. The molecule has 134 valence electrons. The quantitative estimate of drug-likeness (QED) is 0.757. The first-order valence-corrected chi connectivity index (χ1v) is 8.57. The Morgan fingerprint density at radius 1 is 1.24 bits per heavy atom. The van der Waals surface area contributed by atoms with Gasteiger partial charge in [0.15, 0.2) is 6.61 Å².